The molecule has 1 aromatic heterocycles. The lowest BCUT2D eigenvalue weighted by Crippen LogP contribution is -2.31. The molecule has 0 saturated heterocycles. The molecule has 0 spiro atoms. The summed E-state index contributed by atoms with van der Waals surface area (Å²) in [5.41, 5.74) is 5.20. The summed E-state index contributed by atoms with van der Waals surface area (Å²) in [6, 6.07) is 16.5. The van der Waals surface area contributed by atoms with Crippen molar-refractivity contribution in [1.82, 2.24) is 10.3 Å². The zero-order valence-electron chi connectivity index (χ0n) is 14.7. The highest BCUT2D eigenvalue weighted by Gasteiger charge is 2.22. The van der Waals surface area contributed by atoms with Crippen molar-refractivity contribution < 1.29 is 4.79 Å². The average Bonchev–Trinajstić information content (AvgIpc) is 3.13. The number of hydrogen-bond acceptors (Lipinski definition) is 4. The third-order valence-electron chi connectivity index (χ3n) is 4.80. The molecular formula is C21H21N3OS. The highest BCUT2D eigenvalue weighted by atomic mass is 32.1. The molecule has 1 aliphatic carbocycles. The first-order valence-corrected chi connectivity index (χ1v) is 9.75. The highest BCUT2D eigenvalue weighted by molar-refractivity contribution is 7.14. The van der Waals surface area contributed by atoms with Crippen LogP contribution in [-0.2, 0) is 6.42 Å². The molecule has 4 nitrogen and oxygen atoms in total. The van der Waals surface area contributed by atoms with Crippen molar-refractivity contribution in [2.45, 2.75) is 32.2 Å². The number of rotatable bonds is 4. The summed E-state index contributed by atoms with van der Waals surface area (Å²) in [5, 5.41) is 8.99. The molecule has 0 bridgehead atoms. The standard InChI is InChI=1S/C21H21N3OS/c1-14-7-2-5-11-17(14)23-21-24-19(13-26-21)20(25)22-18-12-6-9-15-8-3-4-10-16(15)18/h2-5,7-8,10-11,13,18H,6,9,12H2,1H3,(H,22,25)(H,23,24). The third-order valence-corrected chi connectivity index (χ3v) is 5.56. The molecule has 2 N–H and O–H groups in total. The van der Waals surface area contributed by atoms with Gasteiger partial charge in [-0.1, -0.05) is 42.5 Å². The minimum atomic E-state index is -0.110. The van der Waals surface area contributed by atoms with Gasteiger partial charge in [0.2, 0.25) is 0 Å². The van der Waals surface area contributed by atoms with Gasteiger partial charge in [0.05, 0.1) is 6.04 Å². The van der Waals surface area contributed by atoms with Gasteiger partial charge >= 0.3 is 0 Å². The summed E-state index contributed by atoms with van der Waals surface area (Å²) in [6.07, 6.45) is 3.16. The molecule has 4 rings (SSSR count). The van der Waals surface area contributed by atoms with Gasteiger partial charge in [0.1, 0.15) is 5.69 Å². The molecule has 132 valence electrons. The van der Waals surface area contributed by atoms with Gasteiger partial charge in [0.15, 0.2) is 5.13 Å². The predicted octanol–water partition coefficient (Wildman–Crippen LogP) is 5.00. The zero-order chi connectivity index (χ0) is 17.9. The number of anilines is 2. The van der Waals surface area contributed by atoms with Gasteiger partial charge in [-0.15, -0.1) is 11.3 Å². The maximum absolute atomic E-state index is 12.7. The van der Waals surface area contributed by atoms with E-state index in [2.05, 4.69) is 33.8 Å². The molecule has 1 aliphatic rings. The van der Waals surface area contributed by atoms with Crippen molar-refractivity contribution >= 4 is 28.1 Å². The minimum Gasteiger partial charge on any atom is -0.344 e. The van der Waals surface area contributed by atoms with E-state index in [0.717, 1.165) is 35.6 Å². The summed E-state index contributed by atoms with van der Waals surface area (Å²) in [6.45, 7) is 2.05. The fourth-order valence-corrected chi connectivity index (χ4v) is 4.10. The molecular weight excluding hydrogens is 342 g/mol. The van der Waals surface area contributed by atoms with Gasteiger partial charge in [0.25, 0.3) is 5.91 Å². The number of para-hydroxylation sites is 1. The van der Waals surface area contributed by atoms with Crippen LogP contribution in [0.25, 0.3) is 0 Å². The second kappa shape index (κ2) is 7.30. The molecule has 1 unspecified atom stereocenters. The molecule has 5 heteroatoms. The Morgan fingerprint density at radius 1 is 1.15 bits per heavy atom. The molecule has 0 saturated carbocycles. The second-order valence-electron chi connectivity index (χ2n) is 6.59. The van der Waals surface area contributed by atoms with Crippen LogP contribution >= 0.6 is 11.3 Å². The van der Waals surface area contributed by atoms with Crippen molar-refractivity contribution in [2.75, 3.05) is 5.32 Å². The summed E-state index contributed by atoms with van der Waals surface area (Å²) in [7, 11) is 0. The number of hydrogen-bond donors (Lipinski definition) is 2. The Labute approximate surface area is 157 Å². The zero-order valence-corrected chi connectivity index (χ0v) is 15.5. The number of nitrogens with zero attached hydrogens (tertiary/aromatic N) is 1. The van der Waals surface area contributed by atoms with Crippen LogP contribution < -0.4 is 10.6 Å². The summed E-state index contributed by atoms with van der Waals surface area (Å²) < 4.78 is 0. The molecule has 1 amide bonds. The number of aromatic nitrogens is 1. The number of benzene rings is 2. The quantitative estimate of drug-likeness (QED) is 0.686. The first-order chi connectivity index (χ1) is 12.7. The van der Waals surface area contributed by atoms with Crippen LogP contribution in [0.1, 0.15) is 46.1 Å². The summed E-state index contributed by atoms with van der Waals surface area (Å²) >= 11 is 1.45. The number of carbonyl (C=O) groups is 1. The Hall–Kier alpha value is -2.66. The lowest BCUT2D eigenvalue weighted by atomic mass is 9.88. The van der Waals surface area contributed by atoms with Crippen LogP contribution in [0.4, 0.5) is 10.8 Å². The molecule has 1 atom stereocenters. The SMILES string of the molecule is Cc1ccccc1Nc1nc(C(=O)NC2CCCc3ccccc32)cs1. The lowest BCUT2D eigenvalue weighted by molar-refractivity contribution is 0.0928. The molecule has 0 aliphatic heterocycles. The van der Waals surface area contributed by atoms with Crippen molar-refractivity contribution in [2.24, 2.45) is 0 Å². The third kappa shape index (κ3) is 3.48. The fourth-order valence-electron chi connectivity index (χ4n) is 3.40. The first kappa shape index (κ1) is 16.8. The topological polar surface area (TPSA) is 54.0 Å². The Balaban J connectivity index is 1.47. The largest absolute Gasteiger partial charge is 0.344 e. The number of thiazole rings is 1. The van der Waals surface area contributed by atoms with Crippen LogP contribution in [0.15, 0.2) is 53.9 Å². The van der Waals surface area contributed by atoms with Crippen molar-refractivity contribution in [3.05, 3.63) is 76.3 Å². The Kier molecular flexibility index (Phi) is 4.71. The first-order valence-electron chi connectivity index (χ1n) is 8.87. The van der Waals surface area contributed by atoms with E-state index in [0.29, 0.717) is 5.69 Å². The van der Waals surface area contributed by atoms with E-state index in [1.165, 1.54) is 22.5 Å². The molecule has 0 fully saturated rings. The monoisotopic (exact) mass is 363 g/mol. The lowest BCUT2D eigenvalue weighted by Gasteiger charge is -2.26. The van der Waals surface area contributed by atoms with Crippen LogP contribution in [-0.4, -0.2) is 10.9 Å². The van der Waals surface area contributed by atoms with Gasteiger partial charge in [-0.3, -0.25) is 4.79 Å². The van der Waals surface area contributed by atoms with E-state index in [-0.39, 0.29) is 11.9 Å². The normalized spacial score (nSPS) is 16.0. The van der Waals surface area contributed by atoms with Crippen LogP contribution in [0.2, 0.25) is 0 Å². The minimum absolute atomic E-state index is 0.0712. The Morgan fingerprint density at radius 3 is 2.85 bits per heavy atom. The van der Waals surface area contributed by atoms with E-state index in [1.807, 2.05) is 42.6 Å². The van der Waals surface area contributed by atoms with E-state index < -0.39 is 0 Å². The maximum atomic E-state index is 12.7. The fraction of sp³-hybridized carbons (Fsp3) is 0.238. The van der Waals surface area contributed by atoms with Gasteiger partial charge < -0.3 is 10.6 Å². The number of carbonyl (C=O) groups excluding carboxylic acids is 1. The second-order valence-corrected chi connectivity index (χ2v) is 7.45. The van der Waals surface area contributed by atoms with Gasteiger partial charge in [-0.2, -0.15) is 0 Å². The number of nitrogens with one attached hydrogen (secondary N) is 2. The number of amides is 1. The van der Waals surface area contributed by atoms with Crippen molar-refractivity contribution in [3.63, 3.8) is 0 Å². The van der Waals surface area contributed by atoms with E-state index >= 15 is 0 Å². The highest BCUT2D eigenvalue weighted by Crippen LogP contribution is 2.30. The van der Waals surface area contributed by atoms with Gasteiger partial charge in [-0.05, 0) is 48.9 Å². The van der Waals surface area contributed by atoms with E-state index in [9.17, 15) is 4.79 Å². The van der Waals surface area contributed by atoms with Crippen molar-refractivity contribution in [3.8, 4) is 0 Å². The van der Waals surface area contributed by atoms with Gasteiger partial charge in [-0.25, -0.2) is 4.98 Å². The molecule has 3 aromatic rings. The van der Waals surface area contributed by atoms with E-state index in [4.69, 9.17) is 0 Å². The number of aryl methyl sites for hydroxylation is 2. The van der Waals surface area contributed by atoms with Crippen LogP contribution in [0.5, 0.6) is 0 Å². The van der Waals surface area contributed by atoms with Crippen molar-refractivity contribution in [1.29, 1.82) is 0 Å². The number of fused-ring (bicyclic) bond motifs is 1. The van der Waals surface area contributed by atoms with E-state index in [1.54, 1.807) is 0 Å². The predicted molar refractivity (Wildman–Crippen MR) is 106 cm³/mol. The Bertz CT molecular complexity index is 934. The average molecular weight is 363 g/mol. The molecule has 26 heavy (non-hydrogen) atoms. The smallest absolute Gasteiger partial charge is 0.271 e. The summed E-state index contributed by atoms with van der Waals surface area (Å²) in [5.74, 6) is -0.110. The molecule has 0 radical (unpaired) electrons. The van der Waals surface area contributed by atoms with Gasteiger partial charge in [0, 0.05) is 11.1 Å². The van der Waals surface area contributed by atoms with Crippen LogP contribution in [0, 0.1) is 6.92 Å². The van der Waals surface area contributed by atoms with Crippen LogP contribution in [0.3, 0.4) is 0 Å². The molecule has 1 heterocycles. The maximum Gasteiger partial charge on any atom is 0.271 e. The molecule has 2 aromatic carbocycles. The summed E-state index contributed by atoms with van der Waals surface area (Å²) in [4.78, 5) is 17.1. The Morgan fingerprint density at radius 2 is 1.96 bits per heavy atom.